The van der Waals surface area contributed by atoms with E-state index in [4.69, 9.17) is 5.73 Å². The fourth-order valence-electron chi connectivity index (χ4n) is 1.60. The highest BCUT2D eigenvalue weighted by Gasteiger charge is 2.08. The van der Waals surface area contributed by atoms with Gasteiger partial charge in [-0.05, 0) is 18.2 Å². The molecule has 0 unspecified atom stereocenters. The highest BCUT2D eigenvalue weighted by atomic mass is 32.1. The normalized spacial score (nSPS) is 11.2. The Morgan fingerprint density at radius 1 is 1.40 bits per heavy atom. The van der Waals surface area contributed by atoms with Crippen LogP contribution >= 0.6 is 11.3 Å². The Morgan fingerprint density at radius 2 is 2.27 bits per heavy atom. The minimum Gasteiger partial charge on any atom is -0.399 e. The molecule has 0 fully saturated rings. The van der Waals surface area contributed by atoms with Crippen LogP contribution in [0.1, 0.15) is 0 Å². The SMILES string of the molecule is Nc1ccc2c(c1)sc1c(=O)[nH]cnc12. The van der Waals surface area contributed by atoms with E-state index in [2.05, 4.69) is 9.97 Å². The first-order valence-corrected chi connectivity index (χ1v) is 5.23. The number of hydrogen-bond acceptors (Lipinski definition) is 4. The lowest BCUT2D eigenvalue weighted by molar-refractivity contribution is 1.18. The number of nitrogens with zero attached hydrogens (tertiary/aromatic N) is 1. The van der Waals surface area contributed by atoms with Crippen LogP contribution in [0.2, 0.25) is 0 Å². The molecule has 3 rings (SSSR count). The molecule has 0 aliphatic rings. The molecule has 0 amide bonds. The number of aromatic amines is 1. The lowest BCUT2D eigenvalue weighted by Gasteiger charge is -1.91. The highest BCUT2D eigenvalue weighted by molar-refractivity contribution is 7.25. The first-order valence-electron chi connectivity index (χ1n) is 4.41. The van der Waals surface area contributed by atoms with Crippen molar-refractivity contribution in [3.05, 3.63) is 34.9 Å². The minimum absolute atomic E-state index is 0.0974. The summed E-state index contributed by atoms with van der Waals surface area (Å²) in [7, 11) is 0. The van der Waals surface area contributed by atoms with E-state index in [1.165, 1.54) is 17.7 Å². The number of fused-ring (bicyclic) bond motifs is 3. The van der Waals surface area contributed by atoms with Gasteiger partial charge >= 0.3 is 0 Å². The molecule has 0 aliphatic carbocycles. The zero-order valence-electron chi connectivity index (χ0n) is 7.65. The fraction of sp³-hybridized carbons (Fsp3) is 0. The van der Waals surface area contributed by atoms with Crippen LogP contribution in [0.5, 0.6) is 0 Å². The Balaban J connectivity index is 2.63. The van der Waals surface area contributed by atoms with Crippen LogP contribution in [0.15, 0.2) is 29.3 Å². The first kappa shape index (κ1) is 8.43. The minimum atomic E-state index is -0.0974. The number of rotatable bonds is 0. The average molecular weight is 217 g/mol. The van der Waals surface area contributed by atoms with Crippen molar-refractivity contribution in [2.24, 2.45) is 0 Å². The summed E-state index contributed by atoms with van der Waals surface area (Å²) in [5.74, 6) is 0. The molecule has 4 nitrogen and oxygen atoms in total. The molecule has 15 heavy (non-hydrogen) atoms. The summed E-state index contributed by atoms with van der Waals surface area (Å²) in [5, 5.41) is 0.982. The molecule has 3 aromatic rings. The lowest BCUT2D eigenvalue weighted by atomic mass is 10.2. The number of hydrogen-bond donors (Lipinski definition) is 2. The topological polar surface area (TPSA) is 71.8 Å². The predicted octanol–water partition coefficient (Wildman–Crippen LogP) is 1.72. The van der Waals surface area contributed by atoms with Gasteiger partial charge < -0.3 is 10.7 Å². The van der Waals surface area contributed by atoms with Crippen LogP contribution < -0.4 is 11.3 Å². The van der Waals surface area contributed by atoms with E-state index >= 15 is 0 Å². The van der Waals surface area contributed by atoms with Crippen LogP contribution in [0.25, 0.3) is 20.3 Å². The van der Waals surface area contributed by atoms with Crippen molar-refractivity contribution in [1.29, 1.82) is 0 Å². The smallest absolute Gasteiger partial charge is 0.268 e. The highest BCUT2D eigenvalue weighted by Crippen LogP contribution is 2.31. The van der Waals surface area contributed by atoms with Crippen molar-refractivity contribution in [2.45, 2.75) is 0 Å². The second-order valence-electron chi connectivity index (χ2n) is 3.27. The van der Waals surface area contributed by atoms with Gasteiger partial charge in [0, 0.05) is 15.8 Å². The number of H-pyrrole nitrogens is 1. The molecule has 2 heterocycles. The van der Waals surface area contributed by atoms with E-state index in [1.807, 2.05) is 18.2 Å². The summed E-state index contributed by atoms with van der Waals surface area (Å²) in [6.45, 7) is 0. The zero-order chi connectivity index (χ0) is 10.4. The maximum Gasteiger partial charge on any atom is 0.268 e. The Hall–Kier alpha value is -1.88. The molecular weight excluding hydrogens is 210 g/mol. The van der Waals surface area contributed by atoms with Crippen LogP contribution in [0, 0.1) is 0 Å². The number of aromatic nitrogens is 2. The lowest BCUT2D eigenvalue weighted by Crippen LogP contribution is -2.03. The molecule has 2 aromatic heterocycles. The number of thiophene rings is 1. The van der Waals surface area contributed by atoms with E-state index in [1.54, 1.807) is 0 Å². The quantitative estimate of drug-likeness (QED) is 0.563. The third-order valence-corrected chi connectivity index (χ3v) is 3.42. The van der Waals surface area contributed by atoms with Gasteiger partial charge in [-0.3, -0.25) is 4.79 Å². The van der Waals surface area contributed by atoms with Gasteiger partial charge in [0.25, 0.3) is 5.56 Å². The number of nitrogen functional groups attached to an aromatic ring is 1. The van der Waals surface area contributed by atoms with Gasteiger partial charge in [-0.1, -0.05) is 0 Å². The van der Waals surface area contributed by atoms with E-state index in [9.17, 15) is 4.79 Å². The number of benzene rings is 1. The molecule has 74 valence electrons. The molecule has 0 bridgehead atoms. The summed E-state index contributed by atoms with van der Waals surface area (Å²) in [4.78, 5) is 18.3. The van der Waals surface area contributed by atoms with E-state index in [0.717, 1.165) is 15.6 Å². The summed E-state index contributed by atoms with van der Waals surface area (Å²) in [5.41, 5.74) is 7.04. The third kappa shape index (κ3) is 1.13. The van der Waals surface area contributed by atoms with Crippen molar-refractivity contribution in [3.63, 3.8) is 0 Å². The Morgan fingerprint density at radius 3 is 3.13 bits per heavy atom. The van der Waals surface area contributed by atoms with Crippen LogP contribution in [0.4, 0.5) is 5.69 Å². The monoisotopic (exact) mass is 217 g/mol. The van der Waals surface area contributed by atoms with Crippen molar-refractivity contribution in [2.75, 3.05) is 5.73 Å². The summed E-state index contributed by atoms with van der Waals surface area (Å²) in [6, 6.07) is 5.58. The van der Waals surface area contributed by atoms with Crippen molar-refractivity contribution in [3.8, 4) is 0 Å². The van der Waals surface area contributed by atoms with Gasteiger partial charge in [0.1, 0.15) is 4.70 Å². The van der Waals surface area contributed by atoms with Crippen LogP contribution in [-0.2, 0) is 0 Å². The Kier molecular flexibility index (Phi) is 1.58. The summed E-state index contributed by atoms with van der Waals surface area (Å²) >= 11 is 1.42. The molecule has 0 aliphatic heterocycles. The van der Waals surface area contributed by atoms with Crippen molar-refractivity contribution >= 4 is 37.3 Å². The van der Waals surface area contributed by atoms with Gasteiger partial charge in [-0.2, -0.15) is 0 Å². The molecule has 0 radical (unpaired) electrons. The number of nitrogens with two attached hydrogens (primary N) is 1. The van der Waals surface area contributed by atoms with Gasteiger partial charge in [0.15, 0.2) is 0 Å². The van der Waals surface area contributed by atoms with Gasteiger partial charge in [-0.25, -0.2) is 4.98 Å². The standard InChI is InChI=1S/C10H7N3OS/c11-5-1-2-6-7(3-5)15-9-8(6)12-4-13-10(9)14/h1-4H,11H2,(H,12,13,14). The average Bonchev–Trinajstić information content (AvgIpc) is 2.57. The predicted molar refractivity (Wildman–Crippen MR) is 62.2 cm³/mol. The summed E-state index contributed by atoms with van der Waals surface area (Å²) < 4.78 is 1.65. The van der Waals surface area contributed by atoms with Crippen LogP contribution in [0.3, 0.4) is 0 Å². The third-order valence-electron chi connectivity index (χ3n) is 2.28. The number of nitrogens with one attached hydrogen (secondary N) is 1. The second-order valence-corrected chi connectivity index (χ2v) is 4.32. The maximum absolute atomic E-state index is 11.5. The maximum atomic E-state index is 11.5. The van der Waals surface area contributed by atoms with Gasteiger partial charge in [-0.15, -0.1) is 11.3 Å². The van der Waals surface area contributed by atoms with Gasteiger partial charge in [0.05, 0.1) is 11.8 Å². The van der Waals surface area contributed by atoms with Crippen molar-refractivity contribution < 1.29 is 0 Å². The summed E-state index contributed by atoms with van der Waals surface area (Å²) in [6.07, 6.45) is 1.42. The largest absolute Gasteiger partial charge is 0.399 e. The second kappa shape index (κ2) is 2.80. The van der Waals surface area contributed by atoms with E-state index < -0.39 is 0 Å². The molecule has 0 saturated heterocycles. The van der Waals surface area contributed by atoms with Gasteiger partial charge in [0.2, 0.25) is 0 Å². The Labute approximate surface area is 88.4 Å². The zero-order valence-corrected chi connectivity index (χ0v) is 8.47. The van der Waals surface area contributed by atoms with Crippen LogP contribution in [-0.4, -0.2) is 9.97 Å². The molecular formula is C10H7N3OS. The molecule has 0 saturated carbocycles. The molecule has 0 atom stereocenters. The molecule has 3 N–H and O–H groups in total. The van der Waals surface area contributed by atoms with Crippen molar-refractivity contribution in [1.82, 2.24) is 9.97 Å². The Bertz CT molecular complexity index is 713. The molecule has 1 aromatic carbocycles. The first-order chi connectivity index (χ1) is 7.25. The van der Waals surface area contributed by atoms with E-state index in [0.29, 0.717) is 10.4 Å². The molecule has 5 heteroatoms. The van der Waals surface area contributed by atoms with E-state index in [-0.39, 0.29) is 5.56 Å². The fourth-order valence-corrected chi connectivity index (χ4v) is 2.70. The molecule has 0 spiro atoms. The number of anilines is 1.